The van der Waals surface area contributed by atoms with Crippen LogP contribution in [0.4, 0.5) is 0 Å². The van der Waals surface area contributed by atoms with Crippen molar-refractivity contribution in [3.8, 4) is 11.9 Å². The molecule has 14 heavy (non-hydrogen) atoms. The number of nitrogens with one attached hydrogen (secondary N) is 1. The standard InChI is InChI=1S/C9H7BrN2O2/c1-14-8-3-2-6(4-7(8)10)9(13)12-5-11/h2-4H,1H3,(H,12,13). The zero-order valence-corrected chi connectivity index (χ0v) is 8.96. The molecule has 0 saturated carbocycles. The van der Waals surface area contributed by atoms with Gasteiger partial charge in [-0.05, 0) is 34.1 Å². The minimum absolute atomic E-state index is 0.402. The quantitative estimate of drug-likeness (QED) is 0.645. The maximum atomic E-state index is 11.2. The molecule has 0 fully saturated rings. The summed E-state index contributed by atoms with van der Waals surface area (Å²) in [6, 6.07) is 4.82. The molecule has 1 aromatic rings. The second-order valence-corrected chi connectivity index (χ2v) is 3.27. The largest absolute Gasteiger partial charge is 0.496 e. The van der Waals surface area contributed by atoms with Gasteiger partial charge in [0, 0.05) is 5.56 Å². The first kappa shape index (κ1) is 10.5. The molecule has 1 N–H and O–H groups in total. The Bertz CT molecular complexity index is 398. The molecule has 1 amide bonds. The molecule has 0 aliphatic carbocycles. The van der Waals surface area contributed by atoms with Crippen LogP contribution in [0.15, 0.2) is 22.7 Å². The minimum atomic E-state index is -0.434. The van der Waals surface area contributed by atoms with Gasteiger partial charge in [-0.3, -0.25) is 10.1 Å². The van der Waals surface area contributed by atoms with Gasteiger partial charge in [0.1, 0.15) is 5.75 Å². The highest BCUT2D eigenvalue weighted by atomic mass is 79.9. The lowest BCUT2D eigenvalue weighted by Gasteiger charge is -2.04. The van der Waals surface area contributed by atoms with Gasteiger partial charge in [-0.25, -0.2) is 0 Å². The summed E-state index contributed by atoms with van der Waals surface area (Å²) in [4.78, 5) is 11.2. The molecular weight excluding hydrogens is 248 g/mol. The monoisotopic (exact) mass is 254 g/mol. The summed E-state index contributed by atoms with van der Waals surface area (Å²) in [6.07, 6.45) is 1.57. The molecule has 0 aromatic heterocycles. The van der Waals surface area contributed by atoms with E-state index in [4.69, 9.17) is 10.00 Å². The third-order valence-corrected chi connectivity index (χ3v) is 2.20. The molecular formula is C9H7BrN2O2. The first-order chi connectivity index (χ1) is 6.69. The Morgan fingerprint density at radius 3 is 2.86 bits per heavy atom. The van der Waals surface area contributed by atoms with E-state index in [9.17, 15) is 4.79 Å². The molecule has 0 aliphatic heterocycles. The fourth-order valence-corrected chi connectivity index (χ4v) is 1.47. The molecule has 72 valence electrons. The second kappa shape index (κ2) is 4.63. The maximum Gasteiger partial charge on any atom is 0.264 e. The average Bonchev–Trinajstić information content (AvgIpc) is 2.18. The number of nitriles is 1. The molecule has 0 radical (unpaired) electrons. The molecule has 0 unspecified atom stereocenters. The van der Waals surface area contributed by atoms with Crippen LogP contribution in [0.2, 0.25) is 0 Å². The average molecular weight is 255 g/mol. The van der Waals surface area contributed by atoms with Crippen molar-refractivity contribution in [1.82, 2.24) is 5.32 Å². The molecule has 1 rings (SSSR count). The Morgan fingerprint density at radius 1 is 1.64 bits per heavy atom. The van der Waals surface area contributed by atoms with E-state index in [0.717, 1.165) is 0 Å². The number of methoxy groups -OCH3 is 1. The summed E-state index contributed by atoms with van der Waals surface area (Å²) >= 11 is 3.24. The number of hydrogen-bond donors (Lipinski definition) is 1. The van der Waals surface area contributed by atoms with Crippen LogP contribution in [-0.2, 0) is 0 Å². The second-order valence-electron chi connectivity index (χ2n) is 2.42. The van der Waals surface area contributed by atoms with Gasteiger partial charge in [-0.15, -0.1) is 0 Å². The number of amides is 1. The summed E-state index contributed by atoms with van der Waals surface area (Å²) in [5.41, 5.74) is 0.402. The minimum Gasteiger partial charge on any atom is -0.496 e. The van der Waals surface area contributed by atoms with Crippen molar-refractivity contribution < 1.29 is 9.53 Å². The van der Waals surface area contributed by atoms with E-state index >= 15 is 0 Å². The summed E-state index contributed by atoms with van der Waals surface area (Å²) in [6.45, 7) is 0. The molecule has 0 bridgehead atoms. The Morgan fingerprint density at radius 2 is 2.36 bits per heavy atom. The van der Waals surface area contributed by atoms with Crippen LogP contribution in [0.1, 0.15) is 10.4 Å². The SMILES string of the molecule is COc1ccc(C(=O)NC#N)cc1Br. The third kappa shape index (κ3) is 2.24. The van der Waals surface area contributed by atoms with Crippen LogP contribution in [0.3, 0.4) is 0 Å². The van der Waals surface area contributed by atoms with Crippen molar-refractivity contribution in [3.05, 3.63) is 28.2 Å². The van der Waals surface area contributed by atoms with Gasteiger partial charge >= 0.3 is 0 Å². The number of rotatable bonds is 2. The molecule has 0 saturated heterocycles. The predicted octanol–water partition coefficient (Wildman–Crippen LogP) is 1.67. The highest BCUT2D eigenvalue weighted by Crippen LogP contribution is 2.25. The van der Waals surface area contributed by atoms with Crippen LogP contribution in [0, 0.1) is 11.5 Å². The predicted molar refractivity (Wildman–Crippen MR) is 53.8 cm³/mol. The van der Waals surface area contributed by atoms with Crippen LogP contribution < -0.4 is 10.1 Å². The van der Waals surface area contributed by atoms with E-state index in [1.54, 1.807) is 24.4 Å². The molecule has 0 spiro atoms. The van der Waals surface area contributed by atoms with Crippen molar-refractivity contribution >= 4 is 21.8 Å². The van der Waals surface area contributed by atoms with E-state index in [2.05, 4.69) is 15.9 Å². The highest BCUT2D eigenvalue weighted by Gasteiger charge is 2.07. The summed E-state index contributed by atoms with van der Waals surface area (Å²) < 4.78 is 5.67. The van der Waals surface area contributed by atoms with Gasteiger partial charge in [0.15, 0.2) is 6.19 Å². The third-order valence-electron chi connectivity index (χ3n) is 1.58. The van der Waals surface area contributed by atoms with Gasteiger partial charge in [0.2, 0.25) is 0 Å². The normalized spacial score (nSPS) is 8.93. The van der Waals surface area contributed by atoms with Crippen molar-refractivity contribution in [1.29, 1.82) is 5.26 Å². The van der Waals surface area contributed by atoms with Crippen molar-refractivity contribution in [3.63, 3.8) is 0 Å². The molecule has 0 heterocycles. The number of ether oxygens (including phenoxy) is 1. The number of carbonyl (C=O) groups is 1. The summed E-state index contributed by atoms with van der Waals surface area (Å²) in [5.74, 6) is 0.203. The zero-order chi connectivity index (χ0) is 10.6. The van der Waals surface area contributed by atoms with Gasteiger partial charge in [0.05, 0.1) is 11.6 Å². The highest BCUT2D eigenvalue weighted by molar-refractivity contribution is 9.10. The van der Waals surface area contributed by atoms with Gasteiger partial charge in [0.25, 0.3) is 5.91 Å². The van der Waals surface area contributed by atoms with Crippen molar-refractivity contribution in [2.45, 2.75) is 0 Å². The van der Waals surface area contributed by atoms with E-state index in [1.165, 1.54) is 7.11 Å². The lowest BCUT2D eigenvalue weighted by atomic mass is 10.2. The molecule has 0 atom stereocenters. The van der Waals surface area contributed by atoms with Crippen LogP contribution in [0.5, 0.6) is 5.75 Å². The molecule has 1 aromatic carbocycles. The fourth-order valence-electron chi connectivity index (χ4n) is 0.931. The molecule has 4 nitrogen and oxygen atoms in total. The maximum absolute atomic E-state index is 11.2. The van der Waals surface area contributed by atoms with E-state index in [0.29, 0.717) is 15.8 Å². The van der Waals surface area contributed by atoms with Crippen molar-refractivity contribution in [2.75, 3.05) is 7.11 Å². The molecule has 5 heteroatoms. The Kier molecular flexibility index (Phi) is 3.48. The van der Waals surface area contributed by atoms with E-state index < -0.39 is 5.91 Å². The Hall–Kier alpha value is -1.54. The summed E-state index contributed by atoms with van der Waals surface area (Å²) in [7, 11) is 1.54. The van der Waals surface area contributed by atoms with Gasteiger partial charge < -0.3 is 4.74 Å². The van der Waals surface area contributed by atoms with E-state index in [-0.39, 0.29) is 0 Å². The number of carbonyl (C=O) groups excluding carboxylic acids is 1. The van der Waals surface area contributed by atoms with Crippen molar-refractivity contribution in [2.24, 2.45) is 0 Å². The lowest BCUT2D eigenvalue weighted by molar-refractivity contribution is 0.0973. The number of hydrogen-bond acceptors (Lipinski definition) is 3. The van der Waals surface area contributed by atoms with Crippen LogP contribution in [0.25, 0.3) is 0 Å². The van der Waals surface area contributed by atoms with E-state index in [1.807, 2.05) is 5.32 Å². The van der Waals surface area contributed by atoms with Gasteiger partial charge in [-0.1, -0.05) is 0 Å². The topological polar surface area (TPSA) is 62.1 Å². The smallest absolute Gasteiger partial charge is 0.264 e. The number of nitrogens with zero attached hydrogens (tertiary/aromatic N) is 1. The zero-order valence-electron chi connectivity index (χ0n) is 7.37. The molecule has 0 aliphatic rings. The summed E-state index contributed by atoms with van der Waals surface area (Å²) in [5, 5.41) is 10.3. The number of benzene rings is 1. The first-order valence-corrected chi connectivity index (χ1v) is 4.51. The Labute approximate surface area is 89.6 Å². The fraction of sp³-hybridized carbons (Fsp3) is 0.111. The van der Waals surface area contributed by atoms with Crippen LogP contribution >= 0.6 is 15.9 Å². The Balaban J connectivity index is 2.98. The first-order valence-electron chi connectivity index (χ1n) is 3.72. The number of halogens is 1. The van der Waals surface area contributed by atoms with Gasteiger partial charge in [-0.2, -0.15) is 5.26 Å². The lowest BCUT2D eigenvalue weighted by Crippen LogP contribution is -2.17. The van der Waals surface area contributed by atoms with Crippen LogP contribution in [-0.4, -0.2) is 13.0 Å².